The molecule has 7 nitrogen and oxygen atoms in total. The van der Waals surface area contributed by atoms with Gasteiger partial charge in [0.25, 0.3) is 0 Å². The molecule has 7 heteroatoms. The normalized spacial score (nSPS) is 12.4. The van der Waals surface area contributed by atoms with Gasteiger partial charge in [0.2, 0.25) is 5.70 Å². The summed E-state index contributed by atoms with van der Waals surface area (Å²) < 4.78 is 4.84. The molecule has 0 amide bonds. The van der Waals surface area contributed by atoms with Crippen LogP contribution in [0.25, 0.3) is 22.4 Å². The van der Waals surface area contributed by atoms with E-state index in [0.29, 0.717) is 5.69 Å². The number of aliphatic hydroxyl groups is 1. The molecule has 0 saturated carbocycles. The molecular weight excluding hydrogens is 332 g/mol. The van der Waals surface area contributed by atoms with E-state index in [4.69, 9.17) is 4.74 Å². The predicted molar refractivity (Wildman–Crippen MR) is 98.0 cm³/mol. The number of fused-ring (bicyclic) bond motifs is 1. The highest BCUT2D eigenvalue weighted by Crippen LogP contribution is 2.23. The Balaban J connectivity index is 1.81. The maximum atomic E-state index is 11.7. The van der Waals surface area contributed by atoms with Crippen molar-refractivity contribution < 1.29 is 14.6 Å². The minimum Gasteiger partial charge on any atom is -0.510 e. The van der Waals surface area contributed by atoms with E-state index in [1.54, 1.807) is 19.1 Å². The average Bonchev–Trinajstić information content (AvgIpc) is 3.06. The molecule has 2 aromatic carbocycles. The van der Waals surface area contributed by atoms with Gasteiger partial charge in [-0.1, -0.05) is 12.1 Å². The van der Waals surface area contributed by atoms with E-state index in [9.17, 15) is 9.90 Å². The van der Waals surface area contributed by atoms with Gasteiger partial charge in [-0.15, -0.1) is 5.11 Å². The number of ether oxygens (including phenoxy) is 1. The number of aromatic amines is 1. The van der Waals surface area contributed by atoms with Crippen LogP contribution in [0.1, 0.15) is 13.8 Å². The monoisotopic (exact) mass is 350 g/mol. The number of H-pyrrole nitrogens is 1. The summed E-state index contributed by atoms with van der Waals surface area (Å²) in [6.07, 6.45) is 0. The van der Waals surface area contributed by atoms with Crippen molar-refractivity contribution in [1.82, 2.24) is 9.97 Å². The number of para-hydroxylation sites is 2. The molecule has 0 unspecified atom stereocenters. The molecular formula is C19H18N4O3. The summed E-state index contributed by atoms with van der Waals surface area (Å²) in [6.45, 7) is 3.23. The molecule has 132 valence electrons. The van der Waals surface area contributed by atoms with E-state index in [1.807, 2.05) is 36.4 Å². The number of nitrogens with one attached hydrogen (secondary N) is 1. The van der Waals surface area contributed by atoms with Gasteiger partial charge in [-0.2, -0.15) is 5.11 Å². The maximum Gasteiger partial charge on any atom is 0.362 e. The molecule has 1 aromatic heterocycles. The summed E-state index contributed by atoms with van der Waals surface area (Å²) in [4.78, 5) is 19.5. The van der Waals surface area contributed by atoms with E-state index < -0.39 is 5.97 Å². The highest BCUT2D eigenvalue weighted by molar-refractivity contribution is 5.88. The van der Waals surface area contributed by atoms with Crippen molar-refractivity contribution in [3.05, 3.63) is 60.0 Å². The van der Waals surface area contributed by atoms with E-state index in [-0.39, 0.29) is 18.1 Å². The number of esters is 1. The van der Waals surface area contributed by atoms with Gasteiger partial charge >= 0.3 is 5.97 Å². The Bertz CT molecular complexity index is 950. The van der Waals surface area contributed by atoms with Gasteiger partial charge < -0.3 is 14.8 Å². The van der Waals surface area contributed by atoms with Crippen molar-refractivity contribution in [1.29, 1.82) is 0 Å². The topological polar surface area (TPSA) is 99.9 Å². The number of aromatic nitrogens is 2. The van der Waals surface area contributed by atoms with Gasteiger partial charge in [0.05, 0.1) is 23.3 Å². The number of azo groups is 1. The van der Waals surface area contributed by atoms with Crippen LogP contribution in [0.4, 0.5) is 5.69 Å². The zero-order chi connectivity index (χ0) is 18.5. The Labute approximate surface area is 150 Å². The fourth-order valence-corrected chi connectivity index (χ4v) is 2.34. The summed E-state index contributed by atoms with van der Waals surface area (Å²) in [5, 5.41) is 17.4. The number of hydrogen-bond acceptors (Lipinski definition) is 6. The summed E-state index contributed by atoms with van der Waals surface area (Å²) in [5.41, 5.74) is 3.09. The van der Waals surface area contributed by atoms with Crippen LogP contribution in [0.15, 0.2) is 70.2 Å². The first-order chi connectivity index (χ1) is 12.6. The largest absolute Gasteiger partial charge is 0.510 e. The van der Waals surface area contributed by atoms with Gasteiger partial charge in [0.15, 0.2) is 0 Å². The third-order valence-electron chi connectivity index (χ3n) is 3.61. The molecule has 0 aliphatic rings. The van der Waals surface area contributed by atoms with Crippen molar-refractivity contribution >= 4 is 22.7 Å². The fraction of sp³-hybridized carbons (Fsp3) is 0.158. The van der Waals surface area contributed by atoms with Crippen molar-refractivity contribution in [2.45, 2.75) is 13.8 Å². The van der Waals surface area contributed by atoms with E-state index >= 15 is 0 Å². The highest BCUT2D eigenvalue weighted by atomic mass is 16.5. The van der Waals surface area contributed by atoms with Crippen LogP contribution in [-0.4, -0.2) is 27.7 Å². The summed E-state index contributed by atoms with van der Waals surface area (Å²) in [6, 6.07) is 15.0. The lowest BCUT2D eigenvalue weighted by Crippen LogP contribution is -2.07. The first-order valence-electron chi connectivity index (χ1n) is 8.12. The molecule has 0 fully saturated rings. The number of benzene rings is 2. The lowest BCUT2D eigenvalue weighted by Gasteiger charge is -2.02. The molecule has 0 saturated heterocycles. The van der Waals surface area contributed by atoms with E-state index in [0.717, 1.165) is 22.4 Å². The zero-order valence-corrected chi connectivity index (χ0v) is 14.4. The molecule has 1 heterocycles. The highest BCUT2D eigenvalue weighted by Gasteiger charge is 2.13. The van der Waals surface area contributed by atoms with Gasteiger partial charge in [-0.25, -0.2) is 9.78 Å². The number of allylic oxidation sites excluding steroid dienone is 1. The minimum atomic E-state index is -0.713. The van der Waals surface area contributed by atoms with Crippen LogP contribution >= 0.6 is 0 Å². The van der Waals surface area contributed by atoms with Gasteiger partial charge in [-0.3, -0.25) is 0 Å². The van der Waals surface area contributed by atoms with Crippen LogP contribution in [-0.2, 0) is 9.53 Å². The molecule has 0 aliphatic carbocycles. The lowest BCUT2D eigenvalue weighted by molar-refractivity contribution is -0.138. The molecule has 0 radical (unpaired) electrons. The van der Waals surface area contributed by atoms with Gasteiger partial charge in [0.1, 0.15) is 11.6 Å². The third kappa shape index (κ3) is 3.77. The van der Waals surface area contributed by atoms with Crippen LogP contribution in [0.3, 0.4) is 0 Å². The minimum absolute atomic E-state index is 0.192. The standard InChI is InChI=1S/C19H18N4O3/c1-3-26-19(25)17(12(2)24)23-22-14-10-8-13(9-11-14)18-20-15-6-4-5-7-16(15)21-18/h4-11,24H,3H2,1-2H3,(H,20,21)/b17-12-,23-22?. The second-order valence-corrected chi connectivity index (χ2v) is 5.50. The van der Waals surface area contributed by atoms with Crippen LogP contribution < -0.4 is 0 Å². The number of carbonyl (C=O) groups is 1. The smallest absolute Gasteiger partial charge is 0.362 e. The predicted octanol–water partition coefficient (Wildman–Crippen LogP) is 4.67. The molecule has 0 atom stereocenters. The molecule has 2 N–H and O–H groups in total. The van der Waals surface area contributed by atoms with E-state index in [1.165, 1.54) is 6.92 Å². The van der Waals surface area contributed by atoms with Gasteiger partial charge in [0, 0.05) is 5.56 Å². The lowest BCUT2D eigenvalue weighted by atomic mass is 10.2. The SMILES string of the molecule is CCOC(=O)/C(N=Nc1ccc(-c2nc3ccccc3[nH]2)cc1)=C(\C)O. The van der Waals surface area contributed by atoms with Crippen LogP contribution in [0, 0.1) is 0 Å². The third-order valence-corrected chi connectivity index (χ3v) is 3.61. The first-order valence-corrected chi connectivity index (χ1v) is 8.12. The zero-order valence-electron chi connectivity index (χ0n) is 14.4. The van der Waals surface area contributed by atoms with Crippen molar-refractivity contribution in [3.63, 3.8) is 0 Å². The first kappa shape index (κ1) is 17.3. The summed E-state index contributed by atoms with van der Waals surface area (Å²) >= 11 is 0. The number of imidazole rings is 1. The second kappa shape index (κ2) is 7.60. The summed E-state index contributed by atoms with van der Waals surface area (Å²) in [5.74, 6) is -0.200. The van der Waals surface area contributed by atoms with Crippen molar-refractivity contribution in [2.24, 2.45) is 10.2 Å². The van der Waals surface area contributed by atoms with E-state index in [2.05, 4.69) is 20.2 Å². The molecule has 3 aromatic rings. The Hall–Kier alpha value is -3.48. The summed E-state index contributed by atoms with van der Waals surface area (Å²) in [7, 11) is 0. The Morgan fingerprint density at radius 1 is 1.19 bits per heavy atom. The number of hydrogen-bond donors (Lipinski definition) is 2. The van der Waals surface area contributed by atoms with Crippen LogP contribution in [0.5, 0.6) is 0 Å². The van der Waals surface area contributed by atoms with Gasteiger partial charge in [-0.05, 0) is 50.2 Å². The Kier molecular flexibility index (Phi) is 5.07. The number of aliphatic hydroxyl groups excluding tert-OH is 1. The average molecular weight is 350 g/mol. The molecule has 0 bridgehead atoms. The number of rotatable bonds is 5. The van der Waals surface area contributed by atoms with Crippen LogP contribution in [0.2, 0.25) is 0 Å². The molecule has 3 rings (SSSR count). The molecule has 0 spiro atoms. The maximum absolute atomic E-state index is 11.7. The van der Waals surface area contributed by atoms with Crippen molar-refractivity contribution in [2.75, 3.05) is 6.61 Å². The Morgan fingerprint density at radius 2 is 1.92 bits per heavy atom. The fourth-order valence-electron chi connectivity index (χ4n) is 2.34. The molecule has 0 aliphatic heterocycles. The Morgan fingerprint density at radius 3 is 2.58 bits per heavy atom. The number of carbonyl (C=O) groups excluding carboxylic acids is 1. The second-order valence-electron chi connectivity index (χ2n) is 5.50. The molecule has 26 heavy (non-hydrogen) atoms. The quantitative estimate of drug-likeness (QED) is 0.302. The van der Waals surface area contributed by atoms with Crippen molar-refractivity contribution in [3.8, 4) is 11.4 Å². The number of nitrogens with zero attached hydrogens (tertiary/aromatic N) is 3.